The first kappa shape index (κ1) is 19.1. The third kappa shape index (κ3) is 4.28. The summed E-state index contributed by atoms with van der Waals surface area (Å²) >= 11 is 1.94. The molecule has 0 amide bonds. The van der Waals surface area contributed by atoms with Gasteiger partial charge in [-0.25, -0.2) is 4.98 Å². The quantitative estimate of drug-likeness (QED) is 0.718. The summed E-state index contributed by atoms with van der Waals surface area (Å²) in [5.74, 6) is 1.41. The summed E-state index contributed by atoms with van der Waals surface area (Å²) in [5.41, 5.74) is 1.38. The van der Waals surface area contributed by atoms with Gasteiger partial charge in [0.15, 0.2) is 0 Å². The highest BCUT2D eigenvalue weighted by molar-refractivity contribution is 7.11. The summed E-state index contributed by atoms with van der Waals surface area (Å²) in [5, 5.41) is 5.81. The van der Waals surface area contributed by atoms with Gasteiger partial charge < -0.3 is 4.90 Å². The zero-order valence-corrected chi connectivity index (χ0v) is 17.8. The Morgan fingerprint density at radius 2 is 2.07 bits per heavy atom. The first-order chi connectivity index (χ1) is 13.1. The molecular formula is C21H33N5S. The number of thiazole rings is 1. The Hall–Kier alpha value is -1.24. The standard InChI is InChI=1S/C21H33N5S/c1-4-26-10-6-9-17(20(26)18-11-23-25(3)14-18)13-24(2)15-19-12-22-21(27-19)16-7-5-8-16/h11-12,14,16-17,20H,4-10,13,15H2,1-3H3/t17-,20+/m0/s1. The van der Waals surface area contributed by atoms with Gasteiger partial charge in [0, 0.05) is 54.9 Å². The monoisotopic (exact) mass is 387 g/mol. The van der Waals surface area contributed by atoms with Crippen molar-refractivity contribution in [3.63, 3.8) is 0 Å². The molecule has 0 spiro atoms. The lowest BCUT2D eigenvalue weighted by molar-refractivity contribution is 0.0751. The van der Waals surface area contributed by atoms with Gasteiger partial charge in [-0.15, -0.1) is 11.3 Å². The maximum atomic E-state index is 4.70. The van der Waals surface area contributed by atoms with Gasteiger partial charge in [0.2, 0.25) is 0 Å². The highest BCUT2D eigenvalue weighted by Crippen LogP contribution is 2.39. The summed E-state index contributed by atoms with van der Waals surface area (Å²) in [6.45, 7) is 6.75. The lowest BCUT2D eigenvalue weighted by Crippen LogP contribution is -2.42. The molecule has 0 unspecified atom stereocenters. The molecule has 2 fully saturated rings. The number of rotatable bonds is 7. The second kappa shape index (κ2) is 8.41. The van der Waals surface area contributed by atoms with Gasteiger partial charge in [0.1, 0.15) is 0 Å². The molecule has 2 aliphatic rings. The predicted octanol–water partition coefficient (Wildman–Crippen LogP) is 4.05. The van der Waals surface area contributed by atoms with Crippen LogP contribution in [0.3, 0.4) is 0 Å². The average Bonchev–Trinajstić information content (AvgIpc) is 3.22. The molecule has 0 aromatic carbocycles. The molecule has 6 heteroatoms. The lowest BCUT2D eigenvalue weighted by Gasteiger charge is -2.42. The normalized spacial score (nSPS) is 24.4. The molecule has 1 aliphatic carbocycles. The fourth-order valence-corrected chi connectivity index (χ4v) is 5.91. The van der Waals surface area contributed by atoms with Crippen LogP contribution in [0, 0.1) is 5.92 Å². The Labute approximate surface area is 167 Å². The molecule has 4 rings (SSSR count). The summed E-state index contributed by atoms with van der Waals surface area (Å²) in [6.07, 6.45) is 13.1. The molecule has 0 radical (unpaired) electrons. The van der Waals surface area contributed by atoms with Crippen LogP contribution < -0.4 is 0 Å². The van der Waals surface area contributed by atoms with E-state index in [0.29, 0.717) is 12.0 Å². The van der Waals surface area contributed by atoms with Gasteiger partial charge in [-0.3, -0.25) is 9.58 Å². The number of aromatic nitrogens is 3. The molecule has 2 aromatic heterocycles. The van der Waals surface area contributed by atoms with Crippen LogP contribution in [0.25, 0.3) is 0 Å². The lowest BCUT2D eigenvalue weighted by atomic mass is 9.85. The summed E-state index contributed by atoms with van der Waals surface area (Å²) < 4.78 is 1.94. The predicted molar refractivity (Wildman–Crippen MR) is 111 cm³/mol. The van der Waals surface area contributed by atoms with E-state index in [1.54, 1.807) is 0 Å². The van der Waals surface area contributed by atoms with Crippen LogP contribution in [0.2, 0.25) is 0 Å². The average molecular weight is 388 g/mol. The van der Waals surface area contributed by atoms with Crippen molar-refractivity contribution in [3.05, 3.63) is 34.0 Å². The van der Waals surface area contributed by atoms with Gasteiger partial charge in [0.25, 0.3) is 0 Å². The Balaban J connectivity index is 1.41. The molecule has 0 bridgehead atoms. The van der Waals surface area contributed by atoms with Crippen LogP contribution in [0.4, 0.5) is 0 Å². The highest BCUT2D eigenvalue weighted by Gasteiger charge is 2.33. The Bertz CT molecular complexity index is 735. The molecule has 1 saturated carbocycles. The topological polar surface area (TPSA) is 37.2 Å². The Kier molecular flexibility index (Phi) is 5.95. The number of aryl methyl sites for hydroxylation is 1. The molecule has 2 aromatic rings. The summed E-state index contributed by atoms with van der Waals surface area (Å²) in [4.78, 5) is 11.3. The van der Waals surface area contributed by atoms with E-state index in [0.717, 1.165) is 25.6 Å². The molecule has 2 atom stereocenters. The van der Waals surface area contributed by atoms with E-state index in [1.807, 2.05) is 23.1 Å². The van der Waals surface area contributed by atoms with E-state index in [1.165, 1.54) is 54.1 Å². The van der Waals surface area contributed by atoms with Crippen LogP contribution in [0.15, 0.2) is 18.6 Å². The van der Waals surface area contributed by atoms with Crippen molar-refractivity contribution < 1.29 is 0 Å². The van der Waals surface area contributed by atoms with Crippen molar-refractivity contribution >= 4 is 11.3 Å². The van der Waals surface area contributed by atoms with E-state index >= 15 is 0 Å². The number of hydrogen-bond donors (Lipinski definition) is 0. The Morgan fingerprint density at radius 1 is 1.22 bits per heavy atom. The maximum absolute atomic E-state index is 4.70. The zero-order valence-electron chi connectivity index (χ0n) is 17.0. The SMILES string of the molecule is CCN1CCC[C@@H](CN(C)Cc2cnc(C3CCC3)s2)[C@@H]1c1cnn(C)c1. The number of piperidine rings is 1. The molecule has 5 nitrogen and oxygen atoms in total. The van der Waals surface area contributed by atoms with E-state index in [9.17, 15) is 0 Å². The third-order valence-corrected chi connectivity index (χ3v) is 7.48. The molecule has 1 saturated heterocycles. The minimum atomic E-state index is 0.492. The van der Waals surface area contributed by atoms with Gasteiger partial charge in [0.05, 0.1) is 11.2 Å². The van der Waals surface area contributed by atoms with Gasteiger partial charge >= 0.3 is 0 Å². The van der Waals surface area contributed by atoms with Crippen LogP contribution >= 0.6 is 11.3 Å². The minimum Gasteiger partial charge on any atom is -0.301 e. The second-order valence-corrected chi connectivity index (χ2v) is 9.56. The maximum Gasteiger partial charge on any atom is 0.0959 e. The van der Waals surface area contributed by atoms with Crippen molar-refractivity contribution in [2.24, 2.45) is 13.0 Å². The van der Waals surface area contributed by atoms with Crippen molar-refractivity contribution in [3.8, 4) is 0 Å². The second-order valence-electron chi connectivity index (χ2n) is 8.41. The summed E-state index contributed by atoms with van der Waals surface area (Å²) in [6, 6.07) is 0.492. The van der Waals surface area contributed by atoms with Crippen molar-refractivity contribution in [2.75, 3.05) is 26.7 Å². The van der Waals surface area contributed by atoms with Crippen LogP contribution in [0.1, 0.15) is 66.4 Å². The van der Waals surface area contributed by atoms with Crippen LogP contribution in [-0.2, 0) is 13.6 Å². The van der Waals surface area contributed by atoms with E-state index in [2.05, 4.69) is 47.5 Å². The zero-order chi connectivity index (χ0) is 18.8. The molecular weight excluding hydrogens is 354 g/mol. The van der Waals surface area contributed by atoms with Crippen LogP contribution in [0.5, 0.6) is 0 Å². The molecule has 3 heterocycles. The summed E-state index contributed by atoms with van der Waals surface area (Å²) in [7, 11) is 4.29. The third-order valence-electron chi connectivity index (χ3n) is 6.33. The number of hydrogen-bond acceptors (Lipinski definition) is 5. The molecule has 0 N–H and O–H groups in total. The Morgan fingerprint density at radius 3 is 2.74 bits per heavy atom. The van der Waals surface area contributed by atoms with E-state index in [-0.39, 0.29) is 0 Å². The van der Waals surface area contributed by atoms with Crippen LogP contribution in [-0.4, -0.2) is 51.2 Å². The first-order valence-electron chi connectivity index (χ1n) is 10.5. The van der Waals surface area contributed by atoms with Gasteiger partial charge in [-0.05, 0) is 51.7 Å². The number of likely N-dealkylation sites (tertiary alicyclic amines) is 1. The van der Waals surface area contributed by atoms with Gasteiger partial charge in [-0.1, -0.05) is 13.3 Å². The largest absolute Gasteiger partial charge is 0.301 e. The van der Waals surface area contributed by atoms with Crippen molar-refractivity contribution in [2.45, 2.75) is 57.5 Å². The molecule has 1 aliphatic heterocycles. The minimum absolute atomic E-state index is 0.492. The fourth-order valence-electron chi connectivity index (χ4n) is 4.74. The first-order valence-corrected chi connectivity index (χ1v) is 11.3. The molecule has 148 valence electrons. The van der Waals surface area contributed by atoms with E-state index < -0.39 is 0 Å². The smallest absolute Gasteiger partial charge is 0.0959 e. The molecule has 27 heavy (non-hydrogen) atoms. The van der Waals surface area contributed by atoms with Crippen molar-refractivity contribution in [1.29, 1.82) is 0 Å². The fraction of sp³-hybridized carbons (Fsp3) is 0.714. The highest BCUT2D eigenvalue weighted by atomic mass is 32.1. The van der Waals surface area contributed by atoms with Gasteiger partial charge in [-0.2, -0.15) is 5.10 Å². The number of nitrogens with zero attached hydrogens (tertiary/aromatic N) is 5. The van der Waals surface area contributed by atoms with E-state index in [4.69, 9.17) is 4.98 Å². The van der Waals surface area contributed by atoms with Crippen molar-refractivity contribution in [1.82, 2.24) is 24.6 Å².